The number of aliphatic hydroxyl groups is 1. The third-order valence-electron chi connectivity index (χ3n) is 2.26. The van der Waals surface area contributed by atoms with Crippen molar-refractivity contribution in [3.63, 3.8) is 0 Å². The topological polar surface area (TPSA) is 82.1 Å². The van der Waals surface area contributed by atoms with Gasteiger partial charge in [0.1, 0.15) is 12.2 Å². The summed E-state index contributed by atoms with van der Waals surface area (Å²) in [6, 6.07) is 0. The zero-order chi connectivity index (χ0) is 13.7. The van der Waals surface area contributed by atoms with Crippen LogP contribution in [0, 0.1) is 0 Å². The summed E-state index contributed by atoms with van der Waals surface area (Å²) in [7, 11) is 2.41. The van der Waals surface area contributed by atoms with Crippen molar-refractivity contribution in [3.8, 4) is 0 Å². The molecular weight excluding hydrogens is 240 g/mol. The van der Waals surface area contributed by atoms with Crippen LogP contribution in [-0.4, -0.2) is 43.5 Å². The molecule has 6 nitrogen and oxygen atoms in total. The number of methoxy groups -OCH3 is 2. The maximum atomic E-state index is 11.3. The number of hydrogen-bond donors (Lipinski definition) is 1. The first-order chi connectivity index (χ1) is 8.49. The van der Waals surface area contributed by atoms with Gasteiger partial charge < -0.3 is 19.3 Å². The molecule has 0 amide bonds. The Labute approximate surface area is 104 Å². The van der Waals surface area contributed by atoms with Gasteiger partial charge in [-0.2, -0.15) is 0 Å². The van der Waals surface area contributed by atoms with Gasteiger partial charge in [-0.25, -0.2) is 9.59 Å². The highest BCUT2D eigenvalue weighted by Crippen LogP contribution is 2.17. The fourth-order valence-corrected chi connectivity index (χ4v) is 1.36. The summed E-state index contributed by atoms with van der Waals surface area (Å²) in [5.74, 6) is -1.56. The molecule has 98 valence electrons. The van der Waals surface area contributed by atoms with E-state index in [1.165, 1.54) is 32.4 Å². The molecule has 0 heterocycles. The van der Waals surface area contributed by atoms with Crippen LogP contribution in [0.4, 0.5) is 0 Å². The van der Waals surface area contributed by atoms with E-state index in [1.54, 1.807) is 0 Å². The van der Waals surface area contributed by atoms with Gasteiger partial charge in [-0.1, -0.05) is 6.08 Å². The van der Waals surface area contributed by atoms with Gasteiger partial charge in [-0.05, 0) is 18.7 Å². The Morgan fingerprint density at radius 2 is 1.94 bits per heavy atom. The lowest BCUT2D eigenvalue weighted by atomic mass is 10.0. The zero-order valence-corrected chi connectivity index (χ0v) is 10.1. The largest absolute Gasteiger partial charge is 0.475 e. The second-order valence-electron chi connectivity index (χ2n) is 3.44. The van der Waals surface area contributed by atoms with E-state index in [1.807, 2.05) is 0 Å². The molecule has 1 aliphatic carbocycles. The average molecular weight is 254 g/mol. The Morgan fingerprint density at radius 1 is 1.28 bits per heavy atom. The van der Waals surface area contributed by atoms with Crippen molar-refractivity contribution in [2.75, 3.05) is 14.2 Å². The number of rotatable bonds is 4. The fourth-order valence-electron chi connectivity index (χ4n) is 1.36. The summed E-state index contributed by atoms with van der Waals surface area (Å²) < 4.78 is 14.1. The van der Waals surface area contributed by atoms with E-state index in [0.717, 1.165) is 0 Å². The number of hydrogen-bond acceptors (Lipinski definition) is 6. The lowest BCUT2D eigenvalue weighted by Crippen LogP contribution is -2.25. The minimum absolute atomic E-state index is 0.0441. The normalized spacial score (nSPS) is 21.8. The summed E-state index contributed by atoms with van der Waals surface area (Å²) in [6.07, 6.45) is 2.47. The Balaban J connectivity index is 2.77. The molecule has 0 spiro atoms. The van der Waals surface area contributed by atoms with Gasteiger partial charge in [0.15, 0.2) is 5.76 Å². The van der Waals surface area contributed by atoms with E-state index in [0.29, 0.717) is 0 Å². The van der Waals surface area contributed by atoms with Crippen molar-refractivity contribution in [3.05, 3.63) is 36.1 Å². The van der Waals surface area contributed by atoms with Crippen molar-refractivity contribution in [2.45, 2.75) is 12.2 Å². The van der Waals surface area contributed by atoms with Gasteiger partial charge in [-0.15, -0.1) is 0 Å². The molecule has 0 aromatic rings. The molecule has 0 aliphatic heterocycles. The van der Waals surface area contributed by atoms with Gasteiger partial charge in [0.25, 0.3) is 0 Å². The highest BCUT2D eigenvalue weighted by molar-refractivity contribution is 5.90. The van der Waals surface area contributed by atoms with Crippen molar-refractivity contribution >= 4 is 11.9 Å². The van der Waals surface area contributed by atoms with Gasteiger partial charge in [0.05, 0.1) is 19.8 Å². The van der Waals surface area contributed by atoms with Crippen LogP contribution in [0.2, 0.25) is 0 Å². The lowest BCUT2D eigenvalue weighted by Gasteiger charge is -2.20. The van der Waals surface area contributed by atoms with Crippen molar-refractivity contribution in [1.82, 2.24) is 0 Å². The third-order valence-corrected chi connectivity index (χ3v) is 2.26. The molecule has 2 atom stereocenters. The molecule has 0 saturated heterocycles. The fraction of sp³-hybridized carbons (Fsp3) is 0.333. The number of carbonyl (C=O) groups excluding carboxylic acids is 2. The van der Waals surface area contributed by atoms with E-state index in [9.17, 15) is 14.7 Å². The minimum Gasteiger partial charge on any atom is -0.475 e. The van der Waals surface area contributed by atoms with Crippen molar-refractivity contribution in [2.24, 2.45) is 0 Å². The van der Waals surface area contributed by atoms with Crippen molar-refractivity contribution < 1.29 is 28.9 Å². The molecule has 1 rings (SSSR count). The molecule has 0 radical (unpaired) electrons. The predicted octanol–water partition coefficient (Wildman–Crippen LogP) is 0.0884. The number of carbonyl (C=O) groups is 2. The Kier molecular flexibility index (Phi) is 4.67. The first kappa shape index (κ1) is 14.0. The number of aliphatic hydroxyl groups excluding tert-OH is 1. The summed E-state index contributed by atoms with van der Waals surface area (Å²) in [5.41, 5.74) is 0.0441. The highest BCUT2D eigenvalue weighted by atomic mass is 16.6. The predicted molar refractivity (Wildman–Crippen MR) is 61.3 cm³/mol. The first-order valence-corrected chi connectivity index (χ1v) is 5.10. The van der Waals surface area contributed by atoms with E-state index in [-0.39, 0.29) is 11.3 Å². The number of ether oxygens (including phenoxy) is 3. The van der Waals surface area contributed by atoms with Gasteiger partial charge in [0, 0.05) is 0 Å². The molecule has 1 aliphatic rings. The van der Waals surface area contributed by atoms with E-state index >= 15 is 0 Å². The average Bonchev–Trinajstić information content (AvgIpc) is 2.38. The Morgan fingerprint density at radius 3 is 2.50 bits per heavy atom. The monoisotopic (exact) mass is 254 g/mol. The molecule has 0 fully saturated rings. The Hall–Kier alpha value is -2.08. The summed E-state index contributed by atoms with van der Waals surface area (Å²) in [5, 5.41) is 9.55. The van der Waals surface area contributed by atoms with E-state index in [4.69, 9.17) is 4.74 Å². The van der Waals surface area contributed by atoms with Crippen LogP contribution >= 0.6 is 0 Å². The molecule has 0 unspecified atom stereocenters. The van der Waals surface area contributed by atoms with Gasteiger partial charge >= 0.3 is 11.9 Å². The van der Waals surface area contributed by atoms with Crippen LogP contribution in [0.3, 0.4) is 0 Å². The maximum absolute atomic E-state index is 11.3. The molecule has 0 saturated carbocycles. The molecule has 0 bridgehead atoms. The number of esters is 2. The molecule has 6 heteroatoms. The van der Waals surface area contributed by atoms with Gasteiger partial charge in [0.2, 0.25) is 0 Å². The Bertz CT molecular complexity index is 420. The van der Waals surface area contributed by atoms with E-state index < -0.39 is 24.1 Å². The molecular formula is C12H14O6. The third kappa shape index (κ3) is 3.21. The zero-order valence-electron chi connectivity index (χ0n) is 10.1. The quantitative estimate of drug-likeness (QED) is 0.331. The standard InChI is InChI=1S/C12H14O6/c1-7(11(14)16-2)18-8-4-5-10(13)9(6-8)12(15)17-3/h4-6,8,10,13H,1H2,2-3H3/t8-,10-/m0/s1. The van der Waals surface area contributed by atoms with Crippen molar-refractivity contribution in [1.29, 1.82) is 0 Å². The molecule has 0 aromatic carbocycles. The summed E-state index contributed by atoms with van der Waals surface area (Å²) in [4.78, 5) is 22.4. The maximum Gasteiger partial charge on any atom is 0.372 e. The second-order valence-corrected chi connectivity index (χ2v) is 3.44. The second kappa shape index (κ2) is 6.02. The summed E-state index contributed by atoms with van der Waals surface area (Å²) in [6.45, 7) is 3.39. The van der Waals surface area contributed by atoms with Crippen LogP contribution < -0.4 is 0 Å². The van der Waals surface area contributed by atoms with Crippen LogP contribution in [0.25, 0.3) is 0 Å². The van der Waals surface area contributed by atoms with Gasteiger partial charge in [-0.3, -0.25) is 0 Å². The summed E-state index contributed by atoms with van der Waals surface area (Å²) >= 11 is 0. The lowest BCUT2D eigenvalue weighted by molar-refractivity contribution is -0.140. The van der Waals surface area contributed by atoms with Crippen LogP contribution in [-0.2, 0) is 23.8 Å². The highest BCUT2D eigenvalue weighted by Gasteiger charge is 2.24. The molecule has 18 heavy (non-hydrogen) atoms. The SMILES string of the molecule is C=C(O[C@H]1C=C[C@H](O)C(C(=O)OC)=C1)C(=O)OC. The first-order valence-electron chi connectivity index (χ1n) is 5.10. The molecule has 0 aromatic heterocycles. The smallest absolute Gasteiger partial charge is 0.372 e. The minimum atomic E-state index is -1.05. The molecule has 1 N–H and O–H groups in total. The van der Waals surface area contributed by atoms with Crippen LogP contribution in [0.15, 0.2) is 36.1 Å². The van der Waals surface area contributed by atoms with Crippen LogP contribution in [0.1, 0.15) is 0 Å². The van der Waals surface area contributed by atoms with Crippen LogP contribution in [0.5, 0.6) is 0 Å². The van der Waals surface area contributed by atoms with E-state index in [2.05, 4.69) is 16.1 Å².